The van der Waals surface area contributed by atoms with Crippen LogP contribution in [-0.2, 0) is 15.0 Å². The molecule has 18 heavy (non-hydrogen) atoms. The monoisotopic (exact) mass is 253 g/mol. The zero-order chi connectivity index (χ0) is 13.9. The molecule has 1 rings (SSSR count). The first kappa shape index (κ1) is 14.2. The van der Waals surface area contributed by atoms with Crippen molar-refractivity contribution in [3.05, 3.63) is 35.6 Å². The second-order valence-electron chi connectivity index (χ2n) is 4.67. The number of carboxylic acids is 1. The molecule has 98 valence electrons. The van der Waals surface area contributed by atoms with Crippen molar-refractivity contribution < 1.29 is 19.1 Å². The smallest absolute Gasteiger partial charge is 0.325 e. The van der Waals surface area contributed by atoms with Gasteiger partial charge in [0.15, 0.2) is 0 Å². The summed E-state index contributed by atoms with van der Waals surface area (Å²) in [5.74, 6) is -1.89. The van der Waals surface area contributed by atoms with Crippen LogP contribution in [0.4, 0.5) is 4.39 Å². The predicted octanol–water partition coefficient (Wildman–Crippen LogP) is 1.69. The van der Waals surface area contributed by atoms with E-state index in [9.17, 15) is 14.0 Å². The molecule has 1 amide bonds. The summed E-state index contributed by atoms with van der Waals surface area (Å²) >= 11 is 0. The number of nitrogens with one attached hydrogen (secondary N) is 1. The van der Waals surface area contributed by atoms with E-state index in [0.29, 0.717) is 5.56 Å². The van der Waals surface area contributed by atoms with Crippen LogP contribution in [0.25, 0.3) is 0 Å². The zero-order valence-corrected chi connectivity index (χ0v) is 10.5. The van der Waals surface area contributed by atoms with Crippen molar-refractivity contribution in [2.24, 2.45) is 0 Å². The second-order valence-corrected chi connectivity index (χ2v) is 4.67. The van der Waals surface area contributed by atoms with Gasteiger partial charge in [0.2, 0.25) is 5.91 Å². The Bertz CT molecular complexity index is 454. The lowest BCUT2D eigenvalue weighted by molar-refractivity contribution is -0.142. The molecule has 5 heteroatoms. The third-order valence-electron chi connectivity index (χ3n) is 2.85. The van der Waals surface area contributed by atoms with Gasteiger partial charge in [0.1, 0.15) is 11.9 Å². The molecular formula is C13H16FNO3. The summed E-state index contributed by atoms with van der Waals surface area (Å²) < 4.78 is 12.8. The molecule has 0 aromatic heterocycles. The summed E-state index contributed by atoms with van der Waals surface area (Å²) in [6.45, 7) is 4.70. The van der Waals surface area contributed by atoms with Crippen LogP contribution < -0.4 is 5.32 Å². The maximum absolute atomic E-state index is 12.8. The summed E-state index contributed by atoms with van der Waals surface area (Å²) in [7, 11) is 0. The summed E-state index contributed by atoms with van der Waals surface area (Å²) in [6, 6.07) is 4.61. The Hall–Kier alpha value is -1.91. The fourth-order valence-electron chi connectivity index (χ4n) is 1.44. The molecule has 0 heterocycles. The highest BCUT2D eigenvalue weighted by molar-refractivity contribution is 5.90. The minimum absolute atomic E-state index is 0.381. The maximum Gasteiger partial charge on any atom is 0.325 e. The molecule has 0 bridgehead atoms. The largest absolute Gasteiger partial charge is 0.480 e. The molecule has 0 spiro atoms. The number of halogens is 1. The fourth-order valence-corrected chi connectivity index (χ4v) is 1.44. The maximum atomic E-state index is 12.8. The predicted molar refractivity (Wildman–Crippen MR) is 64.7 cm³/mol. The molecule has 1 aromatic carbocycles. The first-order valence-electron chi connectivity index (χ1n) is 5.55. The number of hydrogen-bond acceptors (Lipinski definition) is 2. The van der Waals surface area contributed by atoms with Gasteiger partial charge in [-0.2, -0.15) is 0 Å². The topological polar surface area (TPSA) is 66.4 Å². The number of carbonyl (C=O) groups is 2. The van der Waals surface area contributed by atoms with Gasteiger partial charge in [-0.3, -0.25) is 9.59 Å². The van der Waals surface area contributed by atoms with E-state index < -0.39 is 23.3 Å². The number of benzene rings is 1. The van der Waals surface area contributed by atoms with Crippen LogP contribution in [0.3, 0.4) is 0 Å². The van der Waals surface area contributed by atoms with Gasteiger partial charge in [-0.25, -0.2) is 4.39 Å². The van der Waals surface area contributed by atoms with Gasteiger partial charge in [-0.1, -0.05) is 12.1 Å². The average molecular weight is 253 g/mol. The highest BCUT2D eigenvalue weighted by Gasteiger charge is 2.31. The standard InChI is InChI=1S/C13H16FNO3/c1-8(11(16)17)15-12(18)13(2,3)9-4-6-10(14)7-5-9/h4-8H,1-3H3,(H,15,18)(H,16,17)/t8-/m0/s1. The quantitative estimate of drug-likeness (QED) is 0.858. The first-order valence-corrected chi connectivity index (χ1v) is 5.55. The van der Waals surface area contributed by atoms with Gasteiger partial charge in [0, 0.05) is 0 Å². The lowest BCUT2D eigenvalue weighted by atomic mass is 9.83. The van der Waals surface area contributed by atoms with Crippen molar-refractivity contribution >= 4 is 11.9 Å². The summed E-state index contributed by atoms with van der Waals surface area (Å²) in [6.07, 6.45) is 0. The molecular weight excluding hydrogens is 237 g/mol. The number of rotatable bonds is 4. The van der Waals surface area contributed by atoms with Crippen molar-refractivity contribution in [2.45, 2.75) is 32.2 Å². The lowest BCUT2D eigenvalue weighted by Crippen LogP contribution is -2.47. The van der Waals surface area contributed by atoms with E-state index in [0.717, 1.165) is 0 Å². The normalized spacial score (nSPS) is 12.9. The summed E-state index contributed by atoms with van der Waals surface area (Å²) in [5, 5.41) is 11.1. The van der Waals surface area contributed by atoms with Crippen LogP contribution in [0.15, 0.2) is 24.3 Å². The Labute approximate surface area is 105 Å². The summed E-state index contributed by atoms with van der Waals surface area (Å²) in [5.41, 5.74) is -0.295. The Morgan fingerprint density at radius 3 is 2.22 bits per heavy atom. The van der Waals surface area contributed by atoms with Crippen LogP contribution in [0, 0.1) is 5.82 Å². The van der Waals surface area contributed by atoms with E-state index in [1.807, 2.05) is 0 Å². The van der Waals surface area contributed by atoms with Crippen molar-refractivity contribution in [1.29, 1.82) is 0 Å². The Balaban J connectivity index is 2.89. The Kier molecular flexibility index (Phi) is 4.06. The number of aliphatic carboxylic acids is 1. The second kappa shape index (κ2) is 5.16. The van der Waals surface area contributed by atoms with E-state index in [-0.39, 0.29) is 5.82 Å². The third kappa shape index (κ3) is 3.06. The molecule has 0 aliphatic heterocycles. The SMILES string of the molecule is C[C@H](NC(=O)C(C)(C)c1ccc(F)cc1)C(=O)O. The van der Waals surface area contributed by atoms with Gasteiger partial charge < -0.3 is 10.4 Å². The lowest BCUT2D eigenvalue weighted by Gasteiger charge is -2.25. The molecule has 0 saturated heterocycles. The molecule has 1 aromatic rings. The van der Waals surface area contributed by atoms with Crippen LogP contribution in [0.5, 0.6) is 0 Å². The Morgan fingerprint density at radius 1 is 1.28 bits per heavy atom. The number of carbonyl (C=O) groups excluding carboxylic acids is 1. The Morgan fingerprint density at radius 2 is 1.78 bits per heavy atom. The molecule has 4 nitrogen and oxygen atoms in total. The first-order chi connectivity index (χ1) is 8.25. The van der Waals surface area contributed by atoms with Gasteiger partial charge in [-0.05, 0) is 38.5 Å². The summed E-state index contributed by atoms with van der Waals surface area (Å²) in [4.78, 5) is 22.7. The molecule has 0 radical (unpaired) electrons. The van der Waals surface area contributed by atoms with E-state index >= 15 is 0 Å². The minimum atomic E-state index is -1.10. The molecule has 0 aliphatic rings. The van der Waals surface area contributed by atoms with E-state index in [2.05, 4.69) is 5.32 Å². The van der Waals surface area contributed by atoms with Crippen molar-refractivity contribution in [2.75, 3.05) is 0 Å². The number of hydrogen-bond donors (Lipinski definition) is 2. The van der Waals surface area contributed by atoms with E-state index in [1.54, 1.807) is 13.8 Å². The van der Waals surface area contributed by atoms with Gasteiger partial charge in [0.05, 0.1) is 5.41 Å². The highest BCUT2D eigenvalue weighted by atomic mass is 19.1. The van der Waals surface area contributed by atoms with Crippen LogP contribution >= 0.6 is 0 Å². The van der Waals surface area contributed by atoms with E-state index in [4.69, 9.17) is 5.11 Å². The zero-order valence-electron chi connectivity index (χ0n) is 10.5. The molecule has 0 unspecified atom stereocenters. The molecule has 0 fully saturated rings. The molecule has 1 atom stereocenters. The van der Waals surface area contributed by atoms with Crippen molar-refractivity contribution in [1.82, 2.24) is 5.32 Å². The van der Waals surface area contributed by atoms with Gasteiger partial charge in [-0.15, -0.1) is 0 Å². The van der Waals surface area contributed by atoms with Crippen molar-refractivity contribution in [3.63, 3.8) is 0 Å². The highest BCUT2D eigenvalue weighted by Crippen LogP contribution is 2.23. The molecule has 2 N–H and O–H groups in total. The number of carboxylic acid groups (broad SMARTS) is 1. The average Bonchev–Trinajstić information content (AvgIpc) is 2.29. The number of amides is 1. The third-order valence-corrected chi connectivity index (χ3v) is 2.85. The van der Waals surface area contributed by atoms with Crippen LogP contribution in [-0.4, -0.2) is 23.0 Å². The van der Waals surface area contributed by atoms with Crippen molar-refractivity contribution in [3.8, 4) is 0 Å². The van der Waals surface area contributed by atoms with Crippen LogP contribution in [0.2, 0.25) is 0 Å². The van der Waals surface area contributed by atoms with Gasteiger partial charge >= 0.3 is 5.97 Å². The van der Waals surface area contributed by atoms with E-state index in [1.165, 1.54) is 31.2 Å². The molecule has 0 saturated carbocycles. The minimum Gasteiger partial charge on any atom is -0.480 e. The fraction of sp³-hybridized carbons (Fsp3) is 0.385. The van der Waals surface area contributed by atoms with Crippen LogP contribution in [0.1, 0.15) is 26.3 Å². The molecule has 0 aliphatic carbocycles. The van der Waals surface area contributed by atoms with Gasteiger partial charge in [0.25, 0.3) is 0 Å².